The van der Waals surface area contributed by atoms with Crippen LogP contribution in [0.15, 0.2) is 30.3 Å². The van der Waals surface area contributed by atoms with Gasteiger partial charge in [-0.15, -0.1) is 0 Å². The van der Waals surface area contributed by atoms with E-state index >= 15 is 0 Å². The van der Waals surface area contributed by atoms with Gasteiger partial charge in [0.15, 0.2) is 0 Å². The predicted molar refractivity (Wildman–Crippen MR) is 76.5 cm³/mol. The van der Waals surface area contributed by atoms with Crippen molar-refractivity contribution in [3.05, 3.63) is 35.9 Å². The van der Waals surface area contributed by atoms with Crippen LogP contribution in [-0.4, -0.2) is 23.9 Å². The molecule has 1 aromatic rings. The van der Waals surface area contributed by atoms with Gasteiger partial charge in [0.1, 0.15) is 0 Å². The molecule has 20 heavy (non-hydrogen) atoms. The van der Waals surface area contributed by atoms with Crippen LogP contribution in [0.2, 0.25) is 0 Å². The van der Waals surface area contributed by atoms with E-state index in [0.717, 1.165) is 5.56 Å². The first-order chi connectivity index (χ1) is 9.69. The van der Waals surface area contributed by atoms with Gasteiger partial charge >= 0.3 is 0 Å². The van der Waals surface area contributed by atoms with Crippen molar-refractivity contribution in [2.45, 2.75) is 32.1 Å². The lowest BCUT2D eigenvalue weighted by Gasteiger charge is -2.22. The van der Waals surface area contributed by atoms with E-state index in [9.17, 15) is 4.79 Å². The minimum Gasteiger partial charge on any atom is -0.341 e. The van der Waals surface area contributed by atoms with Crippen LogP contribution in [0.4, 0.5) is 0 Å². The maximum atomic E-state index is 12.2. The van der Waals surface area contributed by atoms with Gasteiger partial charge in [-0.1, -0.05) is 37.3 Å². The first-order valence-electron chi connectivity index (χ1n) is 6.75. The van der Waals surface area contributed by atoms with Gasteiger partial charge in [-0.2, -0.15) is 10.5 Å². The third kappa shape index (κ3) is 5.12. The zero-order valence-corrected chi connectivity index (χ0v) is 11.7. The summed E-state index contributed by atoms with van der Waals surface area (Å²) in [5, 5.41) is 17.3. The molecule has 0 aromatic heterocycles. The Kier molecular flexibility index (Phi) is 6.85. The van der Waals surface area contributed by atoms with E-state index in [1.54, 1.807) is 4.90 Å². The Morgan fingerprint density at radius 2 is 1.70 bits per heavy atom. The van der Waals surface area contributed by atoms with Crippen LogP contribution >= 0.6 is 0 Å². The summed E-state index contributed by atoms with van der Waals surface area (Å²) in [5.41, 5.74) is 1.13. The second-order valence-electron chi connectivity index (χ2n) is 4.71. The number of hydrogen-bond acceptors (Lipinski definition) is 3. The first kappa shape index (κ1) is 15.7. The Balaban J connectivity index is 2.61. The summed E-state index contributed by atoms with van der Waals surface area (Å²) >= 11 is 0. The number of benzene rings is 1. The van der Waals surface area contributed by atoms with Gasteiger partial charge in [-0.05, 0) is 11.5 Å². The molecule has 0 saturated heterocycles. The summed E-state index contributed by atoms with van der Waals surface area (Å²) in [7, 11) is 0. The molecule has 1 unspecified atom stereocenters. The molecule has 1 rings (SSSR count). The van der Waals surface area contributed by atoms with Gasteiger partial charge in [0.25, 0.3) is 0 Å². The van der Waals surface area contributed by atoms with E-state index < -0.39 is 0 Å². The summed E-state index contributed by atoms with van der Waals surface area (Å²) in [4.78, 5) is 13.9. The topological polar surface area (TPSA) is 67.9 Å². The fourth-order valence-corrected chi connectivity index (χ4v) is 2.02. The van der Waals surface area contributed by atoms with Gasteiger partial charge in [-0.25, -0.2) is 0 Å². The molecule has 1 atom stereocenters. The normalized spacial score (nSPS) is 11.2. The Bertz CT molecular complexity index is 481. The van der Waals surface area contributed by atoms with Gasteiger partial charge in [-0.3, -0.25) is 4.79 Å². The number of hydrogen-bond donors (Lipinski definition) is 0. The highest BCUT2D eigenvalue weighted by Gasteiger charge is 2.17. The Hall–Kier alpha value is -2.33. The van der Waals surface area contributed by atoms with Crippen LogP contribution in [-0.2, 0) is 4.79 Å². The van der Waals surface area contributed by atoms with E-state index in [1.807, 2.05) is 49.4 Å². The molecular weight excluding hydrogens is 250 g/mol. The lowest BCUT2D eigenvalue weighted by molar-refractivity contribution is -0.131. The second kappa shape index (κ2) is 8.72. The molecule has 0 saturated carbocycles. The van der Waals surface area contributed by atoms with Crippen molar-refractivity contribution in [1.82, 2.24) is 4.90 Å². The Morgan fingerprint density at radius 1 is 1.15 bits per heavy atom. The molecule has 4 nitrogen and oxygen atoms in total. The number of carbonyl (C=O) groups is 1. The molecule has 0 aliphatic rings. The molecule has 0 aliphatic heterocycles. The summed E-state index contributed by atoms with van der Waals surface area (Å²) < 4.78 is 0. The molecule has 0 heterocycles. The SMILES string of the molecule is CC(CC(=O)N(CCC#N)CCC#N)c1ccccc1. The van der Waals surface area contributed by atoms with Crippen LogP contribution in [0.1, 0.15) is 37.7 Å². The van der Waals surface area contributed by atoms with Crippen LogP contribution in [0, 0.1) is 22.7 Å². The van der Waals surface area contributed by atoms with Crippen molar-refractivity contribution in [2.24, 2.45) is 0 Å². The molecule has 0 bridgehead atoms. The van der Waals surface area contributed by atoms with Gasteiger partial charge in [0.05, 0.1) is 25.0 Å². The lowest BCUT2D eigenvalue weighted by Crippen LogP contribution is -2.33. The average Bonchev–Trinajstić information content (AvgIpc) is 2.48. The molecule has 1 aromatic carbocycles. The van der Waals surface area contributed by atoms with E-state index in [1.165, 1.54) is 0 Å². The molecule has 1 amide bonds. The number of rotatable bonds is 7. The van der Waals surface area contributed by atoms with Crippen molar-refractivity contribution < 1.29 is 4.79 Å². The van der Waals surface area contributed by atoms with E-state index in [4.69, 9.17) is 10.5 Å². The standard InChI is InChI=1S/C16H19N3O/c1-14(15-7-3-2-4-8-15)13-16(20)19(11-5-9-17)12-6-10-18/h2-4,7-8,14H,5-6,11-13H2,1H3. The summed E-state index contributed by atoms with van der Waals surface area (Å²) in [6.45, 7) is 2.82. The van der Waals surface area contributed by atoms with Crippen LogP contribution in [0.5, 0.6) is 0 Å². The zero-order chi connectivity index (χ0) is 14.8. The van der Waals surface area contributed by atoms with Gasteiger partial charge in [0.2, 0.25) is 5.91 Å². The molecule has 0 fully saturated rings. The highest BCUT2D eigenvalue weighted by molar-refractivity contribution is 5.77. The van der Waals surface area contributed by atoms with Crippen LogP contribution in [0.25, 0.3) is 0 Å². The Morgan fingerprint density at radius 3 is 2.20 bits per heavy atom. The van der Waals surface area contributed by atoms with Crippen molar-refractivity contribution in [3.8, 4) is 12.1 Å². The van der Waals surface area contributed by atoms with E-state index in [2.05, 4.69) is 0 Å². The molecule has 0 spiro atoms. The van der Waals surface area contributed by atoms with Crippen molar-refractivity contribution in [1.29, 1.82) is 10.5 Å². The maximum absolute atomic E-state index is 12.2. The molecule has 0 N–H and O–H groups in total. The molecular formula is C16H19N3O. The average molecular weight is 269 g/mol. The third-order valence-corrected chi connectivity index (χ3v) is 3.19. The van der Waals surface area contributed by atoms with E-state index in [-0.39, 0.29) is 11.8 Å². The number of amides is 1. The van der Waals surface area contributed by atoms with Crippen molar-refractivity contribution >= 4 is 5.91 Å². The monoisotopic (exact) mass is 269 g/mol. The first-order valence-corrected chi connectivity index (χ1v) is 6.75. The largest absolute Gasteiger partial charge is 0.341 e. The van der Waals surface area contributed by atoms with Gasteiger partial charge < -0.3 is 4.90 Å². The van der Waals surface area contributed by atoms with Gasteiger partial charge in [0, 0.05) is 19.5 Å². The predicted octanol–water partition coefficient (Wildman–Crippen LogP) is 2.84. The minimum absolute atomic E-state index is 0.00635. The smallest absolute Gasteiger partial charge is 0.223 e. The molecule has 0 aliphatic carbocycles. The Labute approximate surface area is 120 Å². The molecule has 0 radical (unpaired) electrons. The fraction of sp³-hybridized carbons (Fsp3) is 0.438. The highest BCUT2D eigenvalue weighted by Crippen LogP contribution is 2.19. The summed E-state index contributed by atoms with van der Waals surface area (Å²) in [6, 6.07) is 14.0. The number of nitriles is 2. The highest BCUT2D eigenvalue weighted by atomic mass is 16.2. The fourth-order valence-electron chi connectivity index (χ4n) is 2.02. The van der Waals surface area contributed by atoms with Crippen LogP contribution < -0.4 is 0 Å². The van der Waals surface area contributed by atoms with E-state index in [0.29, 0.717) is 32.4 Å². The summed E-state index contributed by atoms with van der Waals surface area (Å²) in [5.74, 6) is 0.141. The van der Waals surface area contributed by atoms with Crippen molar-refractivity contribution in [3.63, 3.8) is 0 Å². The lowest BCUT2D eigenvalue weighted by atomic mass is 9.97. The quantitative estimate of drug-likeness (QED) is 0.764. The number of nitrogens with zero attached hydrogens (tertiary/aromatic N) is 3. The zero-order valence-electron chi connectivity index (χ0n) is 11.7. The third-order valence-electron chi connectivity index (χ3n) is 3.19. The minimum atomic E-state index is 0.00635. The van der Waals surface area contributed by atoms with Crippen LogP contribution in [0.3, 0.4) is 0 Å². The summed E-state index contributed by atoms with van der Waals surface area (Å²) in [6.07, 6.45) is 1.01. The number of carbonyl (C=O) groups excluding carboxylic acids is 1. The maximum Gasteiger partial charge on any atom is 0.223 e. The second-order valence-corrected chi connectivity index (χ2v) is 4.71. The van der Waals surface area contributed by atoms with Crippen molar-refractivity contribution in [2.75, 3.05) is 13.1 Å². The molecule has 104 valence electrons. The molecule has 4 heteroatoms.